The van der Waals surface area contributed by atoms with E-state index in [2.05, 4.69) is 26.7 Å². The van der Waals surface area contributed by atoms with Crippen LogP contribution in [0.4, 0.5) is 5.95 Å². The quantitative estimate of drug-likeness (QED) is 0.793. The highest BCUT2D eigenvalue weighted by Gasteiger charge is 2.28. The summed E-state index contributed by atoms with van der Waals surface area (Å²) in [5.41, 5.74) is 1.04. The van der Waals surface area contributed by atoms with Gasteiger partial charge in [0.1, 0.15) is 0 Å². The first-order valence-corrected chi connectivity index (χ1v) is 9.22. The van der Waals surface area contributed by atoms with Crippen molar-refractivity contribution in [2.24, 2.45) is 5.92 Å². The predicted molar refractivity (Wildman–Crippen MR) is 98.4 cm³/mol. The number of anilines is 1. The second-order valence-corrected chi connectivity index (χ2v) is 7.47. The minimum absolute atomic E-state index is 0.0161. The molecule has 0 aliphatic carbocycles. The van der Waals surface area contributed by atoms with Crippen LogP contribution < -0.4 is 4.90 Å². The summed E-state index contributed by atoms with van der Waals surface area (Å²) in [6.07, 6.45) is 4.31. The predicted octanol–water partition coefficient (Wildman–Crippen LogP) is 0.529. The zero-order chi connectivity index (χ0) is 17.8. The summed E-state index contributed by atoms with van der Waals surface area (Å²) < 4.78 is 0. The molecule has 1 unspecified atom stereocenters. The van der Waals surface area contributed by atoms with Gasteiger partial charge in [-0.3, -0.25) is 9.69 Å². The van der Waals surface area contributed by atoms with E-state index in [-0.39, 0.29) is 11.8 Å². The van der Waals surface area contributed by atoms with Crippen molar-refractivity contribution in [1.29, 1.82) is 0 Å². The molecule has 25 heavy (non-hydrogen) atoms. The smallest absolute Gasteiger partial charge is 0.227 e. The van der Waals surface area contributed by atoms with Crippen LogP contribution in [-0.2, 0) is 11.3 Å². The van der Waals surface area contributed by atoms with Crippen molar-refractivity contribution in [3.8, 4) is 0 Å². The highest BCUT2D eigenvalue weighted by atomic mass is 16.2. The Balaban J connectivity index is 1.68. The fourth-order valence-corrected chi connectivity index (χ4v) is 3.68. The van der Waals surface area contributed by atoms with Gasteiger partial charge in [-0.2, -0.15) is 0 Å². The zero-order valence-electron chi connectivity index (χ0n) is 15.7. The molecule has 0 bridgehead atoms. The summed E-state index contributed by atoms with van der Waals surface area (Å²) >= 11 is 0. The van der Waals surface area contributed by atoms with E-state index in [0.717, 1.165) is 57.5 Å². The first kappa shape index (κ1) is 18.1. The number of carbonyl (C=O) groups is 1. The molecule has 1 aromatic heterocycles. The van der Waals surface area contributed by atoms with E-state index in [1.165, 1.54) is 12.8 Å². The fraction of sp³-hybridized carbons (Fsp3) is 0.722. The van der Waals surface area contributed by atoms with Gasteiger partial charge in [0.05, 0.1) is 11.6 Å². The van der Waals surface area contributed by atoms with E-state index in [1.54, 1.807) is 4.90 Å². The Kier molecular flexibility index (Phi) is 5.86. The van der Waals surface area contributed by atoms with Gasteiger partial charge >= 0.3 is 0 Å². The van der Waals surface area contributed by atoms with Crippen molar-refractivity contribution in [1.82, 2.24) is 24.7 Å². The second-order valence-electron chi connectivity index (χ2n) is 7.47. The molecule has 138 valence electrons. The minimum Gasteiger partial charge on any atom is -0.348 e. The number of aromatic nitrogens is 2. The molecule has 2 saturated heterocycles. The molecule has 7 nitrogen and oxygen atoms in total. The van der Waals surface area contributed by atoms with E-state index in [1.807, 2.05) is 26.4 Å². The van der Waals surface area contributed by atoms with Gasteiger partial charge in [-0.25, -0.2) is 9.97 Å². The topological polar surface area (TPSA) is 55.8 Å². The van der Waals surface area contributed by atoms with Crippen molar-refractivity contribution in [3.05, 3.63) is 18.0 Å². The molecule has 2 fully saturated rings. The van der Waals surface area contributed by atoms with Gasteiger partial charge in [-0.15, -0.1) is 0 Å². The van der Waals surface area contributed by atoms with Crippen LogP contribution in [0.3, 0.4) is 0 Å². The molecule has 2 aliphatic heterocycles. The third-order valence-corrected chi connectivity index (χ3v) is 5.07. The Labute approximate surface area is 150 Å². The number of amides is 1. The number of likely N-dealkylation sites (N-methyl/N-ethyl adjacent to an activating group) is 1. The van der Waals surface area contributed by atoms with Crippen LogP contribution in [-0.4, -0.2) is 91.0 Å². The monoisotopic (exact) mass is 346 g/mol. The van der Waals surface area contributed by atoms with Crippen LogP contribution in [0.15, 0.2) is 12.3 Å². The summed E-state index contributed by atoms with van der Waals surface area (Å²) in [6.45, 7) is 6.40. The van der Waals surface area contributed by atoms with Crippen molar-refractivity contribution in [2.75, 3.05) is 65.3 Å². The van der Waals surface area contributed by atoms with Crippen molar-refractivity contribution in [3.63, 3.8) is 0 Å². The average Bonchev–Trinajstić information content (AvgIpc) is 3.07. The second kappa shape index (κ2) is 8.10. The summed E-state index contributed by atoms with van der Waals surface area (Å²) in [7, 11) is 5.77. The molecular weight excluding hydrogens is 316 g/mol. The normalized spacial score (nSPS) is 22.8. The summed E-state index contributed by atoms with van der Waals surface area (Å²) in [6, 6.07) is 2.00. The Hall–Kier alpha value is -1.73. The highest BCUT2D eigenvalue weighted by molar-refractivity contribution is 5.78. The average molecular weight is 346 g/mol. The Bertz CT molecular complexity index is 587. The Morgan fingerprint density at radius 1 is 1.20 bits per heavy atom. The summed E-state index contributed by atoms with van der Waals surface area (Å²) in [4.78, 5) is 30.2. The van der Waals surface area contributed by atoms with Gasteiger partial charge in [0.25, 0.3) is 0 Å². The number of nitrogens with zero attached hydrogens (tertiary/aromatic N) is 6. The number of rotatable bonds is 4. The largest absolute Gasteiger partial charge is 0.348 e. The highest BCUT2D eigenvalue weighted by Crippen LogP contribution is 2.17. The lowest BCUT2D eigenvalue weighted by Crippen LogP contribution is -2.40. The van der Waals surface area contributed by atoms with Crippen molar-refractivity contribution in [2.45, 2.75) is 19.4 Å². The van der Waals surface area contributed by atoms with E-state index < -0.39 is 0 Å². The maximum absolute atomic E-state index is 12.5. The first-order chi connectivity index (χ1) is 12.0. The van der Waals surface area contributed by atoms with Crippen LogP contribution in [0.2, 0.25) is 0 Å². The first-order valence-electron chi connectivity index (χ1n) is 9.22. The van der Waals surface area contributed by atoms with Gasteiger partial charge in [0, 0.05) is 66.1 Å². The van der Waals surface area contributed by atoms with Gasteiger partial charge in [-0.1, -0.05) is 0 Å². The lowest BCUT2D eigenvalue weighted by molar-refractivity contribution is -0.133. The molecule has 7 heteroatoms. The number of hydrogen-bond donors (Lipinski definition) is 0. The van der Waals surface area contributed by atoms with E-state index in [9.17, 15) is 4.79 Å². The fourth-order valence-electron chi connectivity index (χ4n) is 3.68. The molecule has 3 rings (SSSR count). The standard InChI is InChI=1S/C18H30N6O/c1-21(2)17(25)15-12-22(3)10-11-23(13-15)14-16-6-7-19-18(20-16)24-8-4-5-9-24/h6-7,15H,4-5,8-14H2,1-3H3. The summed E-state index contributed by atoms with van der Waals surface area (Å²) in [5.74, 6) is 1.07. The third-order valence-electron chi connectivity index (χ3n) is 5.07. The maximum Gasteiger partial charge on any atom is 0.227 e. The van der Waals surface area contributed by atoms with Gasteiger partial charge < -0.3 is 14.7 Å². The molecule has 0 spiro atoms. The van der Waals surface area contributed by atoms with Crippen LogP contribution in [0.5, 0.6) is 0 Å². The summed E-state index contributed by atoms with van der Waals surface area (Å²) in [5, 5.41) is 0. The molecule has 1 atom stereocenters. The van der Waals surface area contributed by atoms with Gasteiger partial charge in [0.2, 0.25) is 11.9 Å². The molecule has 0 N–H and O–H groups in total. The van der Waals surface area contributed by atoms with Crippen LogP contribution in [0, 0.1) is 5.92 Å². The molecule has 3 heterocycles. The molecular formula is C18H30N6O. The van der Waals surface area contributed by atoms with Crippen LogP contribution in [0.25, 0.3) is 0 Å². The van der Waals surface area contributed by atoms with E-state index in [4.69, 9.17) is 4.98 Å². The van der Waals surface area contributed by atoms with Gasteiger partial charge in [0.15, 0.2) is 0 Å². The molecule has 1 amide bonds. The molecule has 0 saturated carbocycles. The lowest BCUT2D eigenvalue weighted by Gasteiger charge is -2.25. The molecule has 2 aliphatic rings. The number of carbonyl (C=O) groups excluding carboxylic acids is 1. The molecule has 0 aromatic carbocycles. The lowest BCUT2D eigenvalue weighted by atomic mass is 10.1. The van der Waals surface area contributed by atoms with Gasteiger partial charge in [-0.05, 0) is 26.0 Å². The minimum atomic E-state index is 0.0161. The van der Waals surface area contributed by atoms with Crippen LogP contribution in [0.1, 0.15) is 18.5 Å². The number of hydrogen-bond acceptors (Lipinski definition) is 6. The van der Waals surface area contributed by atoms with E-state index >= 15 is 0 Å². The van der Waals surface area contributed by atoms with Crippen molar-refractivity contribution < 1.29 is 4.79 Å². The van der Waals surface area contributed by atoms with Crippen LogP contribution >= 0.6 is 0 Å². The van der Waals surface area contributed by atoms with E-state index in [0.29, 0.717) is 0 Å². The molecule has 0 radical (unpaired) electrons. The maximum atomic E-state index is 12.5. The molecule has 1 aromatic rings. The van der Waals surface area contributed by atoms with Crippen molar-refractivity contribution >= 4 is 11.9 Å². The third kappa shape index (κ3) is 4.67. The Morgan fingerprint density at radius 2 is 1.96 bits per heavy atom. The zero-order valence-corrected chi connectivity index (χ0v) is 15.7. The Morgan fingerprint density at radius 3 is 2.68 bits per heavy atom. The SMILES string of the molecule is CN1CCN(Cc2ccnc(N3CCCC3)n2)CC(C(=O)N(C)C)C1.